The number of hydrogen-bond donors (Lipinski definition) is 4. The number of para-hydroxylation sites is 9. The fraction of sp³-hybridized carbons (Fsp3) is 0.0879. The number of rotatable bonds is 16. The Morgan fingerprint density at radius 3 is 0.772 bits per heavy atom. The maximum atomic E-state index is 8.28. The molecule has 14 aromatic rings. The zero-order valence-corrected chi connectivity index (χ0v) is 70.9. The minimum atomic E-state index is -0.167. The average Bonchev–Trinajstić information content (AvgIpc) is 1.80. The summed E-state index contributed by atoms with van der Waals surface area (Å²) in [5, 5.41) is 54.0. The molecule has 0 aliphatic rings. The van der Waals surface area contributed by atoms with Crippen molar-refractivity contribution in [3.8, 4) is 35.0 Å². The van der Waals surface area contributed by atoms with Crippen LogP contribution in [-0.2, 0) is 60.3 Å². The third kappa shape index (κ3) is 48.4. The molecule has 0 saturated heterocycles. The van der Waals surface area contributed by atoms with Gasteiger partial charge < -0.3 is 42.8 Å². The second-order valence-corrected chi connectivity index (χ2v) is 23.3. The van der Waals surface area contributed by atoms with Crippen molar-refractivity contribution in [2.24, 2.45) is 10.7 Å². The van der Waals surface area contributed by atoms with Crippen LogP contribution in [0, 0.1) is 67.7 Å². The summed E-state index contributed by atoms with van der Waals surface area (Å²) in [6.45, 7) is 22.9. The van der Waals surface area contributed by atoms with Crippen LogP contribution in [0.1, 0.15) is 41.5 Å². The number of nitrogens with zero attached hydrogens (tertiary/aromatic N) is 16. The van der Waals surface area contributed by atoms with Gasteiger partial charge in [-0.05, 0) is 95.3 Å². The van der Waals surface area contributed by atoms with Crippen LogP contribution in [0.5, 0.6) is 0 Å². The van der Waals surface area contributed by atoms with Gasteiger partial charge >= 0.3 is 0 Å². The molecular weight excluding hydrogens is 1950 g/mol. The topological polar surface area (TPSA) is 239 Å². The largest absolute Gasteiger partial charge is 0.811 e. The zero-order valence-electron chi connectivity index (χ0n) is 63.7. The van der Waals surface area contributed by atoms with Crippen molar-refractivity contribution in [2.45, 2.75) is 52.6 Å². The quantitative estimate of drug-likeness (QED) is 0.0531. The number of aliphatic imine (C=N–C) groups is 1. The first-order valence-corrected chi connectivity index (χ1v) is 34.3. The summed E-state index contributed by atoms with van der Waals surface area (Å²) in [7, 11) is 0. The molecule has 20 nitrogen and oxygen atoms in total. The van der Waals surface area contributed by atoms with E-state index in [9.17, 15) is 0 Å². The molecule has 0 aliphatic carbocycles. The van der Waals surface area contributed by atoms with Gasteiger partial charge in [-0.15, -0.1) is 54.6 Å². The van der Waals surface area contributed by atoms with Crippen LogP contribution in [0.25, 0.3) is 54.4 Å². The van der Waals surface area contributed by atoms with Crippen LogP contribution in [-0.4, -0.2) is 84.8 Å². The monoisotopic (exact) mass is 2040 g/mol. The molecule has 23 heteroatoms. The van der Waals surface area contributed by atoms with Crippen LogP contribution < -0.4 is 21.7 Å². The molecule has 114 heavy (non-hydrogen) atoms. The first kappa shape index (κ1) is 98.8. The number of nitrogens with two attached hydrogens (primary N) is 1. The van der Waals surface area contributed by atoms with Crippen molar-refractivity contribution >= 4 is 47.6 Å². The number of hydrogen-bond acceptors (Lipinski definition) is 10. The molecule has 0 saturated carbocycles. The van der Waals surface area contributed by atoms with E-state index in [0.717, 1.165) is 69.8 Å². The molecule has 5 N–H and O–H groups in total. The predicted octanol–water partition coefficient (Wildman–Crippen LogP) is 19.6. The Balaban J connectivity index is 0.000000628. The zero-order chi connectivity index (χ0) is 79.8. The van der Waals surface area contributed by atoms with Crippen molar-refractivity contribution < 1.29 is 60.3 Å². The van der Waals surface area contributed by atoms with Crippen molar-refractivity contribution in [1.82, 2.24) is 48.9 Å². The minimum Gasteiger partial charge on any atom is -0.811 e. The number of anilines is 3. The van der Waals surface area contributed by atoms with Gasteiger partial charge in [0, 0.05) is 170 Å². The van der Waals surface area contributed by atoms with Crippen LogP contribution in [0.4, 0.5) is 22.7 Å². The Bertz CT molecular complexity index is 4220. The van der Waals surface area contributed by atoms with E-state index < -0.39 is 0 Å². The summed E-state index contributed by atoms with van der Waals surface area (Å²) in [6, 6.07) is 105. The number of allylic oxidation sites excluding steroid dienone is 4. The predicted molar refractivity (Wildman–Crippen MR) is 456 cm³/mol. The van der Waals surface area contributed by atoms with E-state index in [0.29, 0.717) is 0 Å². The van der Waals surface area contributed by atoms with E-state index in [1.54, 1.807) is 85.3 Å². The SMILES string of the molecule is C#[N+]C(C)(C)C.NC=CC=Nc1[c-]cccc1.[C-]#[N+]C(C)(C)C.[Ir].[Ir].[Ir].[N-]=C/C=C\Nc1[c-]cccc1.[N-]=C/C=C\Nc1[c-]cccc1.[N-]=C/C=C\Nc1[c-]cccc1.[c-]1ccccc1-n1cccn1.[c-]1ccccc1-n1cccn1.[c-]1ccccc1-n1cccn1.[c-]1ccccc1-n1cccn1.[c-]1ccccc1-n1cccn1. The van der Waals surface area contributed by atoms with Crippen LogP contribution in [0.3, 0.4) is 0 Å². The van der Waals surface area contributed by atoms with E-state index in [1.807, 2.05) is 321 Å². The second-order valence-electron chi connectivity index (χ2n) is 23.3. The molecular formula is C91H87Ir3N20-11. The van der Waals surface area contributed by atoms with E-state index in [1.165, 1.54) is 24.4 Å². The van der Waals surface area contributed by atoms with Crippen molar-refractivity contribution in [3.05, 3.63) is 447 Å². The van der Waals surface area contributed by atoms with Crippen LogP contribution in [0.15, 0.2) is 365 Å². The number of benzene rings is 9. The molecule has 0 bridgehead atoms. The molecule has 5 heterocycles. The number of nitrogens with one attached hydrogen (secondary N) is 3. The van der Waals surface area contributed by atoms with Gasteiger partial charge in [-0.1, -0.05) is 40.1 Å². The molecule has 0 amide bonds. The van der Waals surface area contributed by atoms with Gasteiger partial charge in [0.05, 0.1) is 0 Å². The van der Waals surface area contributed by atoms with E-state index >= 15 is 0 Å². The molecule has 14 rings (SSSR count). The molecule has 9 aromatic carbocycles. The average molecular weight is 2040 g/mol. The first-order valence-electron chi connectivity index (χ1n) is 34.3. The Morgan fingerprint density at radius 2 is 0.605 bits per heavy atom. The molecule has 0 aliphatic heterocycles. The van der Waals surface area contributed by atoms with Gasteiger partial charge in [0.2, 0.25) is 5.54 Å². The normalized spacial score (nSPS) is 9.75. The number of aromatic nitrogens is 10. The maximum absolute atomic E-state index is 8.28. The summed E-state index contributed by atoms with van der Waals surface area (Å²) in [5.74, 6) is 0. The first-order chi connectivity index (χ1) is 54.2. The van der Waals surface area contributed by atoms with Gasteiger partial charge in [-0.2, -0.15) is 263 Å². The molecule has 0 fully saturated rings. The van der Waals surface area contributed by atoms with Crippen molar-refractivity contribution in [2.75, 3.05) is 16.0 Å². The molecule has 3 radical (unpaired) electrons. The summed E-state index contributed by atoms with van der Waals surface area (Å²) < 4.78 is 8.89. The van der Waals surface area contributed by atoms with Gasteiger partial charge in [-0.3, -0.25) is 28.4 Å². The van der Waals surface area contributed by atoms with Crippen LogP contribution >= 0.6 is 0 Å². The molecule has 0 unspecified atom stereocenters. The van der Waals surface area contributed by atoms with Gasteiger partial charge in [0.15, 0.2) is 0 Å². The summed E-state index contributed by atoms with van der Waals surface area (Å²) in [6.07, 6.45) is 35.3. The molecule has 5 aromatic heterocycles. The van der Waals surface area contributed by atoms with Crippen molar-refractivity contribution in [3.63, 3.8) is 0 Å². The summed E-state index contributed by atoms with van der Waals surface area (Å²) in [4.78, 5) is 10.8. The minimum absolute atomic E-state index is 0. The summed E-state index contributed by atoms with van der Waals surface area (Å²) >= 11 is 0. The van der Waals surface area contributed by atoms with Gasteiger partial charge in [-0.25, -0.2) is 6.57 Å². The Kier molecular flexibility index (Phi) is 55.1. The smallest absolute Gasteiger partial charge is 0.272 e. The molecule has 589 valence electrons. The Labute approximate surface area is 712 Å². The fourth-order valence-electron chi connectivity index (χ4n) is 7.32. The third-order valence-electron chi connectivity index (χ3n) is 12.4. The Morgan fingerprint density at radius 1 is 0.368 bits per heavy atom. The van der Waals surface area contributed by atoms with E-state index in [4.69, 9.17) is 35.1 Å². The third-order valence-corrected chi connectivity index (χ3v) is 12.4. The molecule has 0 spiro atoms. The van der Waals surface area contributed by atoms with Gasteiger partial charge in [0.1, 0.15) is 0 Å². The standard InChI is InChI=1S/5C9H7N2.C9H9N2.3C9H8N2.C5H10N.C5H9N.3Ir/c5*1-2-5-9(6-3-1)11-8-4-7-10-11;4*10-7-4-8-11-9-5-2-1-3-6-9;2*1-5(2,3)6-4;;;/h5*1-5,7-8H;1-5,7-8H,10H2;3*1-5,7-8,11H;4H,1-3H3;1-3H3;;;/q6*-1;3*-2;+1;;;;/b;;;;;;3*8-4-;;;;;. The van der Waals surface area contributed by atoms with E-state index in [2.05, 4.69) is 111 Å². The maximum Gasteiger partial charge on any atom is 0.272 e. The van der Waals surface area contributed by atoms with E-state index in [-0.39, 0.29) is 71.4 Å². The second kappa shape index (κ2) is 63.6. The Hall–Kier alpha value is -13.2. The van der Waals surface area contributed by atoms with Crippen LogP contribution in [0.2, 0.25) is 0 Å². The van der Waals surface area contributed by atoms with Gasteiger partial charge in [0.25, 0.3) is 12.1 Å². The van der Waals surface area contributed by atoms with Crippen molar-refractivity contribution in [1.29, 1.82) is 0 Å². The fourth-order valence-corrected chi connectivity index (χ4v) is 7.32. The summed E-state index contributed by atoms with van der Waals surface area (Å²) in [5.41, 5.74) is 13.2. The molecule has 0 atom stereocenters.